The average Bonchev–Trinajstić information content (AvgIpc) is 3.19. The van der Waals surface area contributed by atoms with Crippen molar-refractivity contribution in [2.24, 2.45) is 0 Å². The van der Waals surface area contributed by atoms with Crippen LogP contribution < -0.4 is 5.32 Å². The number of carbonyl (C=O) groups excluding carboxylic acids is 2. The Morgan fingerprint density at radius 1 is 1.00 bits per heavy atom. The molecule has 0 saturated carbocycles. The predicted octanol–water partition coefficient (Wildman–Crippen LogP) is 3.31. The Hall–Kier alpha value is -3.39. The van der Waals surface area contributed by atoms with Gasteiger partial charge in [0, 0.05) is 38.6 Å². The molecule has 0 radical (unpaired) electrons. The van der Waals surface area contributed by atoms with Crippen molar-refractivity contribution in [2.45, 2.75) is 38.1 Å². The summed E-state index contributed by atoms with van der Waals surface area (Å²) in [6, 6.07) is 15.7. The first-order chi connectivity index (χ1) is 17.0. The van der Waals surface area contributed by atoms with E-state index >= 15 is 0 Å². The van der Waals surface area contributed by atoms with E-state index < -0.39 is 18.1 Å². The Morgan fingerprint density at radius 2 is 1.60 bits per heavy atom. The molecule has 1 aliphatic carbocycles. The molecule has 2 aliphatic rings. The molecule has 35 heavy (non-hydrogen) atoms. The lowest BCUT2D eigenvalue weighted by atomic mass is 9.98. The number of aliphatic carboxylic acids is 1. The molecule has 0 unspecified atom stereocenters. The van der Waals surface area contributed by atoms with E-state index in [2.05, 4.69) is 29.6 Å². The Bertz CT molecular complexity index is 1020. The Balaban J connectivity index is 1.33. The van der Waals surface area contributed by atoms with E-state index in [-0.39, 0.29) is 24.9 Å². The van der Waals surface area contributed by atoms with Gasteiger partial charge in [-0.2, -0.15) is 0 Å². The van der Waals surface area contributed by atoms with Crippen LogP contribution in [0.15, 0.2) is 48.5 Å². The van der Waals surface area contributed by atoms with Gasteiger partial charge in [0.25, 0.3) is 0 Å². The molecule has 1 heterocycles. The number of rotatable bonds is 9. The second kappa shape index (κ2) is 11.4. The Labute approximate surface area is 205 Å². The van der Waals surface area contributed by atoms with Gasteiger partial charge in [-0.3, -0.25) is 14.5 Å². The smallest absolute Gasteiger partial charge is 0.407 e. The number of benzene rings is 2. The van der Waals surface area contributed by atoms with E-state index in [4.69, 9.17) is 9.84 Å². The topological polar surface area (TPSA) is 99.2 Å². The number of carbonyl (C=O) groups is 3. The highest BCUT2D eigenvalue weighted by atomic mass is 16.5. The molecule has 4 rings (SSSR count). The molecular weight excluding hydrogens is 446 g/mol. The van der Waals surface area contributed by atoms with Gasteiger partial charge in [0.2, 0.25) is 5.91 Å². The van der Waals surface area contributed by atoms with Crippen LogP contribution in [0.2, 0.25) is 0 Å². The fourth-order valence-electron chi connectivity index (χ4n) is 4.99. The van der Waals surface area contributed by atoms with Gasteiger partial charge in [0.15, 0.2) is 0 Å². The summed E-state index contributed by atoms with van der Waals surface area (Å²) < 4.78 is 5.64. The summed E-state index contributed by atoms with van der Waals surface area (Å²) in [5.41, 5.74) is 4.61. The molecule has 0 spiro atoms. The number of carboxylic acid groups (broad SMARTS) is 1. The molecule has 186 valence electrons. The minimum absolute atomic E-state index is 0.0349. The Kier molecular flexibility index (Phi) is 8.02. The number of nitrogens with zero attached hydrogens (tertiary/aromatic N) is 2. The van der Waals surface area contributed by atoms with Gasteiger partial charge >= 0.3 is 12.1 Å². The first kappa shape index (κ1) is 24.7. The summed E-state index contributed by atoms with van der Waals surface area (Å²) in [5, 5.41) is 11.7. The third kappa shape index (κ3) is 5.82. The van der Waals surface area contributed by atoms with Crippen molar-refractivity contribution >= 4 is 18.0 Å². The van der Waals surface area contributed by atoms with Crippen molar-refractivity contribution in [3.05, 3.63) is 59.7 Å². The summed E-state index contributed by atoms with van der Waals surface area (Å²) in [6.07, 6.45) is 0.787. The fourth-order valence-corrected chi connectivity index (χ4v) is 4.99. The van der Waals surface area contributed by atoms with Crippen LogP contribution in [0.1, 0.15) is 43.2 Å². The molecule has 2 N–H and O–H groups in total. The zero-order chi connectivity index (χ0) is 24.8. The maximum absolute atomic E-state index is 13.1. The number of fused-ring (bicyclic) bond motifs is 3. The van der Waals surface area contributed by atoms with Gasteiger partial charge < -0.3 is 20.1 Å². The number of hydrogen-bond donors (Lipinski definition) is 2. The summed E-state index contributed by atoms with van der Waals surface area (Å²) >= 11 is 0. The lowest BCUT2D eigenvalue weighted by Gasteiger charge is -2.36. The van der Waals surface area contributed by atoms with Gasteiger partial charge in [-0.15, -0.1) is 0 Å². The molecule has 1 atom stereocenters. The monoisotopic (exact) mass is 479 g/mol. The molecule has 0 bridgehead atoms. The van der Waals surface area contributed by atoms with Gasteiger partial charge in [-0.1, -0.05) is 61.9 Å². The molecule has 8 heteroatoms. The standard InChI is InChI=1S/C27H33N3O5/c1-2-7-24(26(33)30-16-14-29(15-17-30)13-12-25(31)32)28-27(34)35-18-23-21-10-5-3-8-19(21)20-9-4-6-11-22(20)23/h3-6,8-11,23-24H,2,7,12-18H2,1H3,(H,28,34)(H,31,32)/t24-/m0/s1. The van der Waals surface area contributed by atoms with E-state index in [1.807, 2.05) is 36.1 Å². The summed E-state index contributed by atoms with van der Waals surface area (Å²) in [5.74, 6) is -0.968. The van der Waals surface area contributed by atoms with Crippen LogP contribution in [0, 0.1) is 0 Å². The zero-order valence-electron chi connectivity index (χ0n) is 20.1. The first-order valence-electron chi connectivity index (χ1n) is 12.3. The van der Waals surface area contributed by atoms with Crippen molar-refractivity contribution in [3.8, 4) is 11.1 Å². The van der Waals surface area contributed by atoms with Crippen LogP contribution in [0.4, 0.5) is 4.79 Å². The van der Waals surface area contributed by atoms with Crippen molar-refractivity contribution in [3.63, 3.8) is 0 Å². The molecule has 2 aromatic rings. The second-order valence-electron chi connectivity index (χ2n) is 9.12. The van der Waals surface area contributed by atoms with Crippen molar-refractivity contribution in [2.75, 3.05) is 39.3 Å². The van der Waals surface area contributed by atoms with Crippen LogP contribution in [-0.4, -0.2) is 78.2 Å². The molecule has 2 amide bonds. The summed E-state index contributed by atoms with van der Waals surface area (Å²) in [6.45, 7) is 4.95. The molecule has 1 aliphatic heterocycles. The van der Waals surface area contributed by atoms with Crippen LogP contribution in [0.3, 0.4) is 0 Å². The van der Waals surface area contributed by atoms with Crippen LogP contribution in [0.5, 0.6) is 0 Å². The van der Waals surface area contributed by atoms with Gasteiger partial charge in [-0.05, 0) is 28.7 Å². The lowest BCUT2D eigenvalue weighted by molar-refractivity contribution is -0.139. The number of carboxylic acids is 1. The quantitative estimate of drug-likeness (QED) is 0.573. The van der Waals surface area contributed by atoms with Gasteiger partial charge in [0.1, 0.15) is 12.6 Å². The number of hydrogen-bond acceptors (Lipinski definition) is 5. The number of amides is 2. The van der Waals surface area contributed by atoms with Crippen molar-refractivity contribution < 1.29 is 24.2 Å². The van der Waals surface area contributed by atoms with Crippen molar-refractivity contribution in [1.82, 2.24) is 15.1 Å². The largest absolute Gasteiger partial charge is 0.481 e. The van der Waals surface area contributed by atoms with E-state index in [0.29, 0.717) is 39.1 Å². The highest BCUT2D eigenvalue weighted by Crippen LogP contribution is 2.44. The van der Waals surface area contributed by atoms with Crippen LogP contribution in [-0.2, 0) is 14.3 Å². The maximum atomic E-state index is 13.1. The highest BCUT2D eigenvalue weighted by molar-refractivity contribution is 5.86. The Morgan fingerprint density at radius 3 is 2.17 bits per heavy atom. The molecule has 2 aromatic carbocycles. The molecular formula is C27H33N3O5. The average molecular weight is 480 g/mol. The number of piperazine rings is 1. The first-order valence-corrected chi connectivity index (χ1v) is 12.3. The van der Waals surface area contributed by atoms with Gasteiger partial charge in [-0.25, -0.2) is 4.79 Å². The normalized spacial score (nSPS) is 16.3. The lowest BCUT2D eigenvalue weighted by Crippen LogP contribution is -2.55. The van der Waals surface area contributed by atoms with Crippen LogP contribution in [0.25, 0.3) is 11.1 Å². The van der Waals surface area contributed by atoms with E-state index in [9.17, 15) is 14.4 Å². The summed E-state index contributed by atoms with van der Waals surface area (Å²) in [4.78, 5) is 40.4. The minimum Gasteiger partial charge on any atom is -0.481 e. The van der Waals surface area contributed by atoms with E-state index in [1.54, 1.807) is 4.90 Å². The predicted molar refractivity (Wildman–Crippen MR) is 132 cm³/mol. The molecule has 1 saturated heterocycles. The summed E-state index contributed by atoms with van der Waals surface area (Å²) in [7, 11) is 0. The second-order valence-corrected chi connectivity index (χ2v) is 9.12. The minimum atomic E-state index is -0.821. The molecule has 8 nitrogen and oxygen atoms in total. The highest BCUT2D eigenvalue weighted by Gasteiger charge is 2.31. The number of ether oxygens (including phenoxy) is 1. The van der Waals surface area contributed by atoms with Gasteiger partial charge in [0.05, 0.1) is 6.42 Å². The third-order valence-corrected chi connectivity index (χ3v) is 6.84. The number of alkyl carbamates (subject to hydrolysis) is 1. The van der Waals surface area contributed by atoms with E-state index in [1.165, 1.54) is 11.1 Å². The zero-order valence-corrected chi connectivity index (χ0v) is 20.1. The SMILES string of the molecule is CCC[C@H](NC(=O)OCC1c2ccccc2-c2ccccc21)C(=O)N1CCN(CCC(=O)O)CC1. The fraction of sp³-hybridized carbons (Fsp3) is 0.444. The van der Waals surface area contributed by atoms with Crippen molar-refractivity contribution in [1.29, 1.82) is 0 Å². The maximum Gasteiger partial charge on any atom is 0.407 e. The molecule has 0 aromatic heterocycles. The molecule has 1 fully saturated rings. The van der Waals surface area contributed by atoms with Crippen LogP contribution >= 0.6 is 0 Å². The third-order valence-electron chi connectivity index (χ3n) is 6.84. The van der Waals surface area contributed by atoms with E-state index in [0.717, 1.165) is 17.5 Å². The number of nitrogens with one attached hydrogen (secondary N) is 1.